The van der Waals surface area contributed by atoms with Gasteiger partial charge in [-0.1, -0.05) is 36.8 Å². The second-order valence-electron chi connectivity index (χ2n) is 4.32. The number of rotatable bonds is 7. The molecule has 0 aliphatic heterocycles. The first kappa shape index (κ1) is 13.2. The number of hydrogen-bond donors (Lipinski definition) is 2. The van der Waals surface area contributed by atoms with Crippen molar-refractivity contribution in [3.63, 3.8) is 0 Å². The van der Waals surface area contributed by atoms with Crippen LogP contribution in [0.25, 0.3) is 0 Å². The van der Waals surface area contributed by atoms with Crippen LogP contribution in [-0.2, 0) is 0 Å². The summed E-state index contributed by atoms with van der Waals surface area (Å²) in [5, 5.41) is 3.58. The van der Waals surface area contributed by atoms with E-state index in [9.17, 15) is 0 Å². The average Bonchev–Trinajstić information content (AvgIpc) is 2.31. The fraction of sp³-hybridized carbons (Fsp3) is 0.571. The first-order chi connectivity index (χ1) is 7.77. The highest BCUT2D eigenvalue weighted by atomic mass is 14.9. The number of unbranched alkanes of at least 4 members (excludes halogenated alkanes) is 1. The van der Waals surface area contributed by atoms with Crippen LogP contribution in [0.15, 0.2) is 24.3 Å². The lowest BCUT2D eigenvalue weighted by Crippen LogP contribution is -2.22. The number of nitrogens with two attached hydrogens (primary N) is 1. The lowest BCUT2D eigenvalue weighted by Gasteiger charge is -2.17. The zero-order valence-electron chi connectivity index (χ0n) is 10.5. The first-order valence-corrected chi connectivity index (χ1v) is 6.28. The quantitative estimate of drug-likeness (QED) is 0.693. The first-order valence-electron chi connectivity index (χ1n) is 6.28. The highest BCUT2D eigenvalue weighted by Gasteiger charge is 2.07. The maximum atomic E-state index is 5.48. The summed E-state index contributed by atoms with van der Waals surface area (Å²) in [5.74, 6) is 0. The van der Waals surface area contributed by atoms with Gasteiger partial charge in [0.25, 0.3) is 0 Å². The van der Waals surface area contributed by atoms with Crippen molar-refractivity contribution in [2.24, 2.45) is 5.73 Å². The Labute approximate surface area is 99.2 Å². The van der Waals surface area contributed by atoms with Gasteiger partial charge in [0.05, 0.1) is 0 Å². The molecule has 1 aromatic rings. The topological polar surface area (TPSA) is 38.0 Å². The van der Waals surface area contributed by atoms with E-state index in [0.717, 1.165) is 25.9 Å². The summed E-state index contributed by atoms with van der Waals surface area (Å²) in [7, 11) is 0. The Morgan fingerprint density at radius 2 is 1.88 bits per heavy atom. The Morgan fingerprint density at radius 3 is 2.44 bits per heavy atom. The van der Waals surface area contributed by atoms with Crippen LogP contribution >= 0.6 is 0 Å². The van der Waals surface area contributed by atoms with Gasteiger partial charge in [0.15, 0.2) is 0 Å². The van der Waals surface area contributed by atoms with Crippen molar-refractivity contribution >= 4 is 0 Å². The standard InChI is InChI=1S/C14H24N2/c1-3-14(16-11-5-4-10-15)13-8-6-12(2)7-9-13/h6-9,14,16H,3-5,10-11,15H2,1-2H3. The fourth-order valence-corrected chi connectivity index (χ4v) is 1.84. The van der Waals surface area contributed by atoms with E-state index in [1.165, 1.54) is 17.5 Å². The average molecular weight is 220 g/mol. The van der Waals surface area contributed by atoms with Gasteiger partial charge >= 0.3 is 0 Å². The Balaban J connectivity index is 2.44. The van der Waals surface area contributed by atoms with Crippen LogP contribution in [0.1, 0.15) is 43.4 Å². The highest BCUT2D eigenvalue weighted by Crippen LogP contribution is 2.16. The molecule has 0 saturated carbocycles. The lowest BCUT2D eigenvalue weighted by molar-refractivity contribution is 0.504. The van der Waals surface area contributed by atoms with Gasteiger partial charge in [-0.05, 0) is 44.8 Å². The minimum Gasteiger partial charge on any atom is -0.330 e. The second-order valence-corrected chi connectivity index (χ2v) is 4.32. The molecular weight excluding hydrogens is 196 g/mol. The molecule has 0 bridgehead atoms. The molecule has 0 spiro atoms. The molecular formula is C14H24N2. The van der Waals surface area contributed by atoms with E-state index in [4.69, 9.17) is 5.73 Å². The van der Waals surface area contributed by atoms with Crippen molar-refractivity contribution in [2.45, 2.75) is 39.2 Å². The van der Waals surface area contributed by atoms with E-state index < -0.39 is 0 Å². The summed E-state index contributed by atoms with van der Waals surface area (Å²) in [4.78, 5) is 0. The van der Waals surface area contributed by atoms with Crippen LogP contribution in [0.4, 0.5) is 0 Å². The van der Waals surface area contributed by atoms with E-state index in [-0.39, 0.29) is 0 Å². The predicted octanol–water partition coefficient (Wildman–Crippen LogP) is 2.77. The Hall–Kier alpha value is -0.860. The van der Waals surface area contributed by atoms with Crippen molar-refractivity contribution < 1.29 is 0 Å². The maximum Gasteiger partial charge on any atom is 0.0317 e. The highest BCUT2D eigenvalue weighted by molar-refractivity contribution is 5.23. The molecule has 1 aromatic carbocycles. The lowest BCUT2D eigenvalue weighted by atomic mass is 10.0. The van der Waals surface area contributed by atoms with Crippen LogP contribution in [-0.4, -0.2) is 13.1 Å². The minimum atomic E-state index is 0.485. The Morgan fingerprint density at radius 1 is 1.19 bits per heavy atom. The van der Waals surface area contributed by atoms with E-state index in [0.29, 0.717) is 6.04 Å². The number of aryl methyl sites for hydroxylation is 1. The van der Waals surface area contributed by atoms with E-state index >= 15 is 0 Å². The summed E-state index contributed by atoms with van der Waals surface area (Å²) < 4.78 is 0. The zero-order chi connectivity index (χ0) is 11.8. The van der Waals surface area contributed by atoms with Gasteiger partial charge in [-0.2, -0.15) is 0 Å². The Bertz CT molecular complexity index is 279. The smallest absolute Gasteiger partial charge is 0.0317 e. The maximum absolute atomic E-state index is 5.48. The van der Waals surface area contributed by atoms with Gasteiger partial charge in [-0.25, -0.2) is 0 Å². The molecule has 2 heteroatoms. The molecule has 0 aromatic heterocycles. The second kappa shape index (κ2) is 7.42. The molecule has 0 aliphatic rings. The van der Waals surface area contributed by atoms with Crippen LogP contribution in [0.2, 0.25) is 0 Å². The largest absolute Gasteiger partial charge is 0.330 e. The third-order valence-corrected chi connectivity index (χ3v) is 2.91. The minimum absolute atomic E-state index is 0.485. The third kappa shape index (κ3) is 4.33. The van der Waals surface area contributed by atoms with Crippen LogP contribution in [0, 0.1) is 6.92 Å². The summed E-state index contributed by atoms with van der Waals surface area (Å²) >= 11 is 0. The van der Waals surface area contributed by atoms with Crippen molar-refractivity contribution in [1.29, 1.82) is 0 Å². The van der Waals surface area contributed by atoms with Crippen LogP contribution in [0.3, 0.4) is 0 Å². The molecule has 3 N–H and O–H groups in total. The van der Waals surface area contributed by atoms with Gasteiger partial charge < -0.3 is 11.1 Å². The normalized spacial score (nSPS) is 12.7. The molecule has 16 heavy (non-hydrogen) atoms. The molecule has 0 aliphatic carbocycles. The molecule has 0 fully saturated rings. The van der Waals surface area contributed by atoms with Gasteiger partial charge in [-0.15, -0.1) is 0 Å². The number of hydrogen-bond acceptors (Lipinski definition) is 2. The summed E-state index contributed by atoms with van der Waals surface area (Å²) in [6.07, 6.45) is 3.40. The molecule has 1 rings (SSSR count). The number of benzene rings is 1. The van der Waals surface area contributed by atoms with Gasteiger partial charge in [0.2, 0.25) is 0 Å². The molecule has 2 nitrogen and oxygen atoms in total. The molecule has 0 heterocycles. The molecule has 0 saturated heterocycles. The SMILES string of the molecule is CCC(NCCCCN)c1ccc(C)cc1. The summed E-state index contributed by atoms with van der Waals surface area (Å²) in [6.45, 7) is 6.20. The van der Waals surface area contributed by atoms with E-state index in [1.54, 1.807) is 0 Å². The van der Waals surface area contributed by atoms with Crippen molar-refractivity contribution in [2.75, 3.05) is 13.1 Å². The van der Waals surface area contributed by atoms with Crippen molar-refractivity contribution in [3.05, 3.63) is 35.4 Å². The molecule has 0 radical (unpaired) electrons. The van der Waals surface area contributed by atoms with Gasteiger partial charge in [-0.3, -0.25) is 0 Å². The van der Waals surface area contributed by atoms with Crippen LogP contribution in [0.5, 0.6) is 0 Å². The molecule has 1 atom stereocenters. The van der Waals surface area contributed by atoms with E-state index in [2.05, 4.69) is 43.4 Å². The Kier molecular flexibility index (Phi) is 6.12. The third-order valence-electron chi connectivity index (χ3n) is 2.91. The van der Waals surface area contributed by atoms with Gasteiger partial charge in [0, 0.05) is 6.04 Å². The fourth-order valence-electron chi connectivity index (χ4n) is 1.84. The van der Waals surface area contributed by atoms with Crippen molar-refractivity contribution in [3.8, 4) is 0 Å². The molecule has 0 amide bonds. The van der Waals surface area contributed by atoms with Gasteiger partial charge in [0.1, 0.15) is 0 Å². The predicted molar refractivity (Wildman–Crippen MR) is 70.5 cm³/mol. The molecule has 90 valence electrons. The van der Waals surface area contributed by atoms with E-state index in [1.807, 2.05) is 0 Å². The van der Waals surface area contributed by atoms with Crippen LogP contribution < -0.4 is 11.1 Å². The number of nitrogens with one attached hydrogen (secondary N) is 1. The zero-order valence-corrected chi connectivity index (χ0v) is 10.5. The van der Waals surface area contributed by atoms with Crippen molar-refractivity contribution in [1.82, 2.24) is 5.32 Å². The summed E-state index contributed by atoms with van der Waals surface area (Å²) in [5.41, 5.74) is 8.19. The monoisotopic (exact) mass is 220 g/mol. The summed E-state index contributed by atoms with van der Waals surface area (Å²) in [6, 6.07) is 9.29. The molecule has 1 unspecified atom stereocenters.